The van der Waals surface area contributed by atoms with Crippen LogP contribution in [0.3, 0.4) is 0 Å². The van der Waals surface area contributed by atoms with Gasteiger partial charge >= 0.3 is 0 Å². The van der Waals surface area contributed by atoms with Crippen molar-refractivity contribution in [2.45, 2.75) is 39.7 Å². The van der Waals surface area contributed by atoms with Gasteiger partial charge in [0.25, 0.3) is 0 Å². The van der Waals surface area contributed by atoms with E-state index in [1.54, 1.807) is 7.11 Å². The number of guanidine groups is 1. The molecule has 1 aromatic carbocycles. The Morgan fingerprint density at radius 1 is 1.33 bits per heavy atom. The summed E-state index contributed by atoms with van der Waals surface area (Å²) in [6.45, 7) is 10.5. The molecule has 0 spiro atoms. The van der Waals surface area contributed by atoms with Gasteiger partial charge in [0.2, 0.25) is 5.91 Å². The largest absolute Gasteiger partial charge is 0.495 e. The molecular formula is C21H35ClIN5O2. The number of carbonyl (C=O) groups excluding carboxylic acids is 1. The Kier molecular flexibility index (Phi) is 12.2. The third-order valence-electron chi connectivity index (χ3n) is 5.07. The molecule has 1 atom stereocenters. The van der Waals surface area contributed by atoms with Crippen LogP contribution in [-0.4, -0.2) is 69.2 Å². The number of anilines is 1. The molecule has 0 aliphatic carbocycles. The Labute approximate surface area is 202 Å². The van der Waals surface area contributed by atoms with Crippen molar-refractivity contribution in [3.05, 3.63) is 23.2 Å². The first kappa shape index (κ1) is 26.6. The predicted octanol–water partition coefficient (Wildman–Crippen LogP) is 3.36. The van der Waals surface area contributed by atoms with Crippen LogP contribution < -0.4 is 20.3 Å². The maximum absolute atomic E-state index is 12.2. The van der Waals surface area contributed by atoms with Crippen LogP contribution in [0.2, 0.25) is 5.02 Å². The number of methoxy groups -OCH3 is 1. The maximum Gasteiger partial charge on any atom is 0.224 e. The molecule has 0 radical (unpaired) electrons. The second-order valence-corrected chi connectivity index (χ2v) is 7.41. The van der Waals surface area contributed by atoms with Gasteiger partial charge in [0.15, 0.2) is 5.96 Å². The third kappa shape index (κ3) is 7.68. The number of amides is 1. The normalized spacial score (nSPS) is 16.1. The number of benzene rings is 1. The SMILES string of the molecule is CCNC(=NCCC(=O)N(CC)CC)NC1CCN(c2cc(Cl)ccc2OC)C1.I. The number of rotatable bonds is 9. The summed E-state index contributed by atoms with van der Waals surface area (Å²) in [5.41, 5.74) is 1.01. The van der Waals surface area contributed by atoms with Crippen LogP contribution in [0.25, 0.3) is 0 Å². The second-order valence-electron chi connectivity index (χ2n) is 6.97. The first-order chi connectivity index (χ1) is 14.0. The van der Waals surface area contributed by atoms with Crippen molar-refractivity contribution in [3.8, 4) is 5.75 Å². The zero-order valence-electron chi connectivity index (χ0n) is 18.4. The zero-order chi connectivity index (χ0) is 21.2. The third-order valence-corrected chi connectivity index (χ3v) is 5.30. The Morgan fingerprint density at radius 2 is 2.07 bits per heavy atom. The van der Waals surface area contributed by atoms with Crippen molar-refractivity contribution >= 4 is 53.1 Å². The highest BCUT2D eigenvalue weighted by Gasteiger charge is 2.25. The number of nitrogens with one attached hydrogen (secondary N) is 2. The molecule has 1 aliphatic heterocycles. The Bertz CT molecular complexity index is 700. The molecule has 30 heavy (non-hydrogen) atoms. The molecule has 1 aromatic rings. The van der Waals surface area contributed by atoms with Gasteiger partial charge < -0.3 is 25.2 Å². The molecule has 2 N–H and O–H groups in total. The molecule has 0 aromatic heterocycles. The number of aliphatic imine (C=N–C) groups is 1. The molecule has 0 saturated carbocycles. The van der Waals surface area contributed by atoms with Crippen molar-refractivity contribution in [2.75, 3.05) is 51.3 Å². The quantitative estimate of drug-likeness (QED) is 0.280. The van der Waals surface area contributed by atoms with Crippen LogP contribution in [0.4, 0.5) is 5.69 Å². The summed E-state index contributed by atoms with van der Waals surface area (Å²) in [6, 6.07) is 5.94. The van der Waals surface area contributed by atoms with Crippen LogP contribution in [0.1, 0.15) is 33.6 Å². The number of carbonyl (C=O) groups is 1. The lowest BCUT2D eigenvalue weighted by Crippen LogP contribution is -2.44. The average molecular weight is 552 g/mol. The molecule has 1 unspecified atom stereocenters. The highest BCUT2D eigenvalue weighted by Crippen LogP contribution is 2.33. The van der Waals surface area contributed by atoms with E-state index in [0.29, 0.717) is 18.0 Å². The van der Waals surface area contributed by atoms with E-state index in [1.807, 2.05) is 43.9 Å². The van der Waals surface area contributed by atoms with Gasteiger partial charge in [0.05, 0.1) is 19.3 Å². The van der Waals surface area contributed by atoms with Crippen molar-refractivity contribution < 1.29 is 9.53 Å². The van der Waals surface area contributed by atoms with Crippen molar-refractivity contribution in [2.24, 2.45) is 4.99 Å². The van der Waals surface area contributed by atoms with E-state index in [0.717, 1.165) is 56.5 Å². The summed E-state index contributed by atoms with van der Waals surface area (Å²) in [4.78, 5) is 20.9. The minimum atomic E-state index is 0. The lowest BCUT2D eigenvalue weighted by Gasteiger charge is -2.22. The molecule has 2 rings (SSSR count). The van der Waals surface area contributed by atoms with Crippen molar-refractivity contribution in [1.29, 1.82) is 0 Å². The van der Waals surface area contributed by atoms with E-state index in [2.05, 4.69) is 20.5 Å². The van der Waals surface area contributed by atoms with Gasteiger partial charge in [0.1, 0.15) is 5.75 Å². The fourth-order valence-electron chi connectivity index (χ4n) is 3.52. The lowest BCUT2D eigenvalue weighted by atomic mass is 10.2. The predicted molar refractivity (Wildman–Crippen MR) is 136 cm³/mol. The Hall–Kier alpha value is -1.42. The molecule has 1 amide bonds. The molecule has 1 aliphatic rings. The summed E-state index contributed by atoms with van der Waals surface area (Å²) < 4.78 is 5.49. The molecule has 1 saturated heterocycles. The van der Waals surface area contributed by atoms with Gasteiger partial charge in [-0.05, 0) is 45.4 Å². The fourth-order valence-corrected chi connectivity index (χ4v) is 3.68. The Balaban J connectivity index is 0.00000450. The molecular weight excluding hydrogens is 517 g/mol. The van der Waals surface area contributed by atoms with E-state index in [4.69, 9.17) is 16.3 Å². The number of hydrogen-bond acceptors (Lipinski definition) is 4. The average Bonchev–Trinajstić information content (AvgIpc) is 3.17. The van der Waals surface area contributed by atoms with E-state index in [9.17, 15) is 4.79 Å². The summed E-state index contributed by atoms with van der Waals surface area (Å²) in [7, 11) is 1.67. The molecule has 7 nitrogen and oxygen atoms in total. The van der Waals surface area contributed by atoms with Gasteiger partial charge in [-0.1, -0.05) is 11.6 Å². The van der Waals surface area contributed by atoms with E-state index in [1.165, 1.54) is 0 Å². The number of ether oxygens (including phenoxy) is 1. The summed E-state index contributed by atoms with van der Waals surface area (Å²) in [5.74, 6) is 1.73. The second kappa shape index (κ2) is 13.8. The van der Waals surface area contributed by atoms with Gasteiger partial charge in [-0.25, -0.2) is 0 Å². The van der Waals surface area contributed by atoms with Crippen molar-refractivity contribution in [3.63, 3.8) is 0 Å². The molecule has 9 heteroatoms. The van der Waals surface area contributed by atoms with E-state index >= 15 is 0 Å². The number of hydrogen-bond donors (Lipinski definition) is 2. The highest BCUT2D eigenvalue weighted by molar-refractivity contribution is 14.0. The molecule has 170 valence electrons. The van der Waals surface area contributed by atoms with Gasteiger partial charge in [-0.2, -0.15) is 0 Å². The molecule has 1 fully saturated rings. The summed E-state index contributed by atoms with van der Waals surface area (Å²) in [6.07, 6.45) is 1.41. The van der Waals surface area contributed by atoms with Gasteiger partial charge in [-0.15, -0.1) is 24.0 Å². The topological polar surface area (TPSA) is 69.2 Å². The van der Waals surface area contributed by atoms with Crippen molar-refractivity contribution in [1.82, 2.24) is 15.5 Å². The first-order valence-electron chi connectivity index (χ1n) is 10.4. The van der Waals surface area contributed by atoms with E-state index in [-0.39, 0.29) is 35.9 Å². The summed E-state index contributed by atoms with van der Waals surface area (Å²) in [5, 5.41) is 7.47. The Morgan fingerprint density at radius 3 is 2.70 bits per heavy atom. The standard InChI is InChI=1S/C21H34ClN5O2.HI/c1-5-23-21(24-12-10-20(28)26(6-2)7-3)25-17-11-13-27(15-17)18-14-16(22)8-9-19(18)29-4;/h8-9,14,17H,5-7,10-13,15H2,1-4H3,(H2,23,24,25);1H. The van der Waals surface area contributed by atoms with Crippen LogP contribution >= 0.6 is 35.6 Å². The molecule has 0 bridgehead atoms. The minimum Gasteiger partial charge on any atom is -0.495 e. The molecule has 1 heterocycles. The highest BCUT2D eigenvalue weighted by atomic mass is 127. The van der Waals surface area contributed by atoms with Gasteiger partial charge in [0, 0.05) is 50.2 Å². The van der Waals surface area contributed by atoms with Crippen LogP contribution in [0.5, 0.6) is 5.75 Å². The fraction of sp³-hybridized carbons (Fsp3) is 0.619. The van der Waals surface area contributed by atoms with Crippen LogP contribution in [-0.2, 0) is 4.79 Å². The first-order valence-corrected chi connectivity index (χ1v) is 10.8. The maximum atomic E-state index is 12.2. The lowest BCUT2D eigenvalue weighted by molar-refractivity contribution is -0.130. The minimum absolute atomic E-state index is 0. The monoisotopic (exact) mass is 551 g/mol. The summed E-state index contributed by atoms with van der Waals surface area (Å²) >= 11 is 6.18. The van der Waals surface area contributed by atoms with Crippen LogP contribution in [0.15, 0.2) is 23.2 Å². The number of halogens is 2. The van der Waals surface area contributed by atoms with Crippen LogP contribution in [0, 0.1) is 0 Å². The number of nitrogens with zero attached hydrogens (tertiary/aromatic N) is 3. The zero-order valence-corrected chi connectivity index (χ0v) is 21.5. The van der Waals surface area contributed by atoms with Gasteiger partial charge in [-0.3, -0.25) is 9.79 Å². The smallest absolute Gasteiger partial charge is 0.224 e. The van der Waals surface area contributed by atoms with E-state index < -0.39 is 0 Å².